The van der Waals surface area contributed by atoms with E-state index in [1.54, 1.807) is 0 Å². The lowest BCUT2D eigenvalue weighted by molar-refractivity contribution is 0.141. The van der Waals surface area contributed by atoms with E-state index in [2.05, 4.69) is 60.1 Å². The minimum atomic E-state index is -0.391. The Morgan fingerprint density at radius 2 is 1.73 bits per heavy atom. The van der Waals surface area contributed by atoms with Crippen molar-refractivity contribution < 1.29 is 5.11 Å². The van der Waals surface area contributed by atoms with Crippen molar-refractivity contribution in [2.45, 2.75) is 58.2 Å². The zero-order chi connectivity index (χ0) is 19.2. The van der Waals surface area contributed by atoms with Crippen molar-refractivity contribution in [1.82, 2.24) is 16.0 Å². The van der Waals surface area contributed by atoms with Crippen LogP contribution in [0.25, 0.3) is 0 Å². The summed E-state index contributed by atoms with van der Waals surface area (Å²) in [4.78, 5) is 0. The lowest BCUT2D eigenvalue weighted by atomic mass is 10.0. The SMILES string of the molecule is CC(C)C[C@H](CN[C@H](CNCCN)C(C)O)NCCCc1ccccc1. The van der Waals surface area contributed by atoms with Crippen molar-refractivity contribution >= 4 is 0 Å². The Hall–Kier alpha value is -0.980. The number of aryl methyl sites for hydroxylation is 1. The molecule has 26 heavy (non-hydrogen) atoms. The second kappa shape index (κ2) is 14.1. The summed E-state index contributed by atoms with van der Waals surface area (Å²) in [5.74, 6) is 0.642. The zero-order valence-corrected chi connectivity index (χ0v) is 16.9. The normalized spacial score (nSPS) is 15.2. The highest BCUT2D eigenvalue weighted by Crippen LogP contribution is 2.06. The van der Waals surface area contributed by atoms with Crippen LogP contribution in [0.15, 0.2) is 30.3 Å². The third-order valence-corrected chi connectivity index (χ3v) is 4.57. The molecule has 0 radical (unpaired) electrons. The molecule has 0 aliphatic rings. The highest BCUT2D eigenvalue weighted by Gasteiger charge is 2.17. The fraction of sp³-hybridized carbons (Fsp3) is 0.714. The molecule has 1 unspecified atom stereocenters. The summed E-state index contributed by atoms with van der Waals surface area (Å²) in [5.41, 5.74) is 6.92. The van der Waals surface area contributed by atoms with Gasteiger partial charge in [0.25, 0.3) is 0 Å². The van der Waals surface area contributed by atoms with Crippen LogP contribution in [0.1, 0.15) is 39.2 Å². The van der Waals surface area contributed by atoms with Gasteiger partial charge in [-0.05, 0) is 44.2 Å². The minimum absolute atomic E-state index is 0.0438. The minimum Gasteiger partial charge on any atom is -0.392 e. The van der Waals surface area contributed by atoms with Gasteiger partial charge in [-0.25, -0.2) is 0 Å². The molecule has 0 spiro atoms. The molecule has 5 nitrogen and oxygen atoms in total. The summed E-state index contributed by atoms with van der Waals surface area (Å²) in [5, 5.41) is 20.5. The highest BCUT2D eigenvalue weighted by molar-refractivity contribution is 5.14. The number of aliphatic hydroxyl groups excluding tert-OH is 1. The molecular formula is C21H40N4O. The van der Waals surface area contributed by atoms with Crippen molar-refractivity contribution in [2.24, 2.45) is 11.7 Å². The zero-order valence-electron chi connectivity index (χ0n) is 16.9. The molecule has 150 valence electrons. The average Bonchev–Trinajstić information content (AvgIpc) is 2.61. The van der Waals surface area contributed by atoms with Crippen molar-refractivity contribution in [1.29, 1.82) is 0 Å². The third-order valence-electron chi connectivity index (χ3n) is 4.57. The molecule has 1 aromatic rings. The number of aliphatic hydroxyl groups is 1. The van der Waals surface area contributed by atoms with Gasteiger partial charge in [0.2, 0.25) is 0 Å². The van der Waals surface area contributed by atoms with Gasteiger partial charge in [-0.3, -0.25) is 0 Å². The van der Waals surface area contributed by atoms with Gasteiger partial charge < -0.3 is 26.8 Å². The van der Waals surface area contributed by atoms with E-state index in [4.69, 9.17) is 5.73 Å². The topological polar surface area (TPSA) is 82.3 Å². The van der Waals surface area contributed by atoms with Crippen LogP contribution in [0.3, 0.4) is 0 Å². The number of hydrogen-bond acceptors (Lipinski definition) is 5. The molecule has 0 fully saturated rings. The quantitative estimate of drug-likeness (QED) is 0.305. The molecule has 0 aliphatic heterocycles. The van der Waals surface area contributed by atoms with Gasteiger partial charge in [-0.15, -0.1) is 0 Å². The number of hydrogen-bond donors (Lipinski definition) is 5. The van der Waals surface area contributed by atoms with Gasteiger partial charge in [-0.1, -0.05) is 44.2 Å². The van der Waals surface area contributed by atoms with E-state index >= 15 is 0 Å². The molecule has 6 N–H and O–H groups in total. The molecule has 0 heterocycles. The third kappa shape index (κ3) is 10.9. The Morgan fingerprint density at radius 3 is 2.35 bits per heavy atom. The fourth-order valence-electron chi connectivity index (χ4n) is 3.12. The van der Waals surface area contributed by atoms with E-state index in [1.165, 1.54) is 5.56 Å². The number of nitrogens with two attached hydrogens (primary N) is 1. The molecule has 0 aromatic heterocycles. The first-order valence-corrected chi connectivity index (χ1v) is 10.1. The standard InChI is InChI=1S/C21H40N4O/c1-17(2)14-20(15-25-21(18(3)26)16-23-13-11-22)24-12-7-10-19-8-5-4-6-9-19/h4-6,8-9,17-18,20-21,23-26H,7,10-16,22H2,1-3H3/t18?,20-,21-/m1/s1. The van der Waals surface area contributed by atoms with Crippen molar-refractivity contribution in [3.05, 3.63) is 35.9 Å². The molecular weight excluding hydrogens is 324 g/mol. The number of rotatable bonds is 15. The molecule has 3 atom stereocenters. The van der Waals surface area contributed by atoms with Crippen LogP contribution in [0.5, 0.6) is 0 Å². The second-order valence-electron chi connectivity index (χ2n) is 7.62. The molecule has 1 aromatic carbocycles. The Bertz CT molecular complexity index is 439. The van der Waals surface area contributed by atoms with Gasteiger partial charge in [0.15, 0.2) is 0 Å². The van der Waals surface area contributed by atoms with E-state index in [9.17, 15) is 5.11 Å². The van der Waals surface area contributed by atoms with Crippen molar-refractivity contribution in [3.63, 3.8) is 0 Å². The Labute approximate surface area is 160 Å². The first-order chi connectivity index (χ1) is 12.5. The van der Waals surface area contributed by atoms with Gasteiger partial charge in [0.05, 0.1) is 6.10 Å². The monoisotopic (exact) mass is 364 g/mol. The Kier molecular flexibility index (Phi) is 12.5. The van der Waals surface area contributed by atoms with Crippen molar-refractivity contribution in [2.75, 3.05) is 32.7 Å². The first-order valence-electron chi connectivity index (χ1n) is 10.1. The summed E-state index contributed by atoms with van der Waals surface area (Å²) in [7, 11) is 0. The average molecular weight is 365 g/mol. The summed E-state index contributed by atoms with van der Waals surface area (Å²) in [6.07, 6.45) is 2.98. The van der Waals surface area contributed by atoms with Gasteiger partial charge in [0, 0.05) is 38.3 Å². The molecule has 0 saturated heterocycles. The lowest BCUT2D eigenvalue weighted by Gasteiger charge is -2.27. The van der Waals surface area contributed by atoms with Gasteiger partial charge >= 0.3 is 0 Å². The van der Waals surface area contributed by atoms with E-state index < -0.39 is 6.10 Å². The maximum Gasteiger partial charge on any atom is 0.0677 e. The van der Waals surface area contributed by atoms with Gasteiger partial charge in [-0.2, -0.15) is 0 Å². The number of nitrogens with one attached hydrogen (secondary N) is 3. The molecule has 0 amide bonds. The van der Waals surface area contributed by atoms with E-state index in [-0.39, 0.29) is 6.04 Å². The smallest absolute Gasteiger partial charge is 0.0677 e. The summed E-state index contributed by atoms with van der Waals surface area (Å²) in [6, 6.07) is 11.1. The Balaban J connectivity index is 2.36. The van der Waals surface area contributed by atoms with Crippen LogP contribution >= 0.6 is 0 Å². The summed E-state index contributed by atoms with van der Waals surface area (Å²) in [6.45, 7) is 10.4. The largest absolute Gasteiger partial charge is 0.392 e. The second-order valence-corrected chi connectivity index (χ2v) is 7.62. The van der Waals surface area contributed by atoms with Crippen LogP contribution in [0.4, 0.5) is 0 Å². The van der Waals surface area contributed by atoms with Crippen LogP contribution < -0.4 is 21.7 Å². The molecule has 1 rings (SSSR count). The van der Waals surface area contributed by atoms with E-state index in [0.717, 1.165) is 45.4 Å². The predicted molar refractivity (Wildman–Crippen MR) is 111 cm³/mol. The molecule has 0 aliphatic carbocycles. The van der Waals surface area contributed by atoms with Crippen LogP contribution in [0, 0.1) is 5.92 Å². The maximum atomic E-state index is 9.99. The van der Waals surface area contributed by atoms with E-state index in [1.807, 2.05) is 6.92 Å². The summed E-state index contributed by atoms with van der Waals surface area (Å²) >= 11 is 0. The van der Waals surface area contributed by atoms with Crippen LogP contribution in [-0.4, -0.2) is 56.0 Å². The fourth-order valence-corrected chi connectivity index (χ4v) is 3.12. The van der Waals surface area contributed by atoms with E-state index in [0.29, 0.717) is 18.5 Å². The first kappa shape index (κ1) is 23.1. The van der Waals surface area contributed by atoms with Crippen molar-refractivity contribution in [3.8, 4) is 0 Å². The molecule has 0 saturated carbocycles. The lowest BCUT2D eigenvalue weighted by Crippen LogP contribution is -2.51. The maximum absolute atomic E-state index is 9.99. The molecule has 5 heteroatoms. The highest BCUT2D eigenvalue weighted by atomic mass is 16.3. The van der Waals surface area contributed by atoms with Crippen LogP contribution in [-0.2, 0) is 6.42 Å². The predicted octanol–water partition coefficient (Wildman–Crippen LogP) is 1.51. The molecule has 0 bridgehead atoms. The Morgan fingerprint density at radius 1 is 1.00 bits per heavy atom. The summed E-state index contributed by atoms with van der Waals surface area (Å²) < 4.78 is 0. The number of benzene rings is 1. The van der Waals surface area contributed by atoms with Crippen LogP contribution in [0.2, 0.25) is 0 Å². The van der Waals surface area contributed by atoms with Gasteiger partial charge in [0.1, 0.15) is 0 Å².